The second-order valence-electron chi connectivity index (χ2n) is 4.56. The first-order chi connectivity index (χ1) is 10.2. The van der Waals surface area contributed by atoms with E-state index in [9.17, 15) is 4.79 Å². The summed E-state index contributed by atoms with van der Waals surface area (Å²) in [5.41, 5.74) is 2.11. The van der Waals surface area contributed by atoms with Crippen LogP contribution in [0.25, 0.3) is 5.65 Å². The van der Waals surface area contributed by atoms with Gasteiger partial charge in [0.15, 0.2) is 5.65 Å². The van der Waals surface area contributed by atoms with Crippen LogP contribution in [-0.2, 0) is 11.2 Å². The SMILES string of the molecule is COC(=O)c1ccn2c(Cc3cccc(Cl)c3)nnc2c1. The average molecular weight is 302 g/mol. The maximum absolute atomic E-state index is 11.5. The van der Waals surface area contributed by atoms with Gasteiger partial charge in [-0.2, -0.15) is 0 Å². The molecule has 106 valence electrons. The fourth-order valence-corrected chi connectivity index (χ4v) is 2.35. The summed E-state index contributed by atoms with van der Waals surface area (Å²) in [4.78, 5) is 11.5. The minimum absolute atomic E-state index is 0.392. The predicted molar refractivity (Wildman–Crippen MR) is 78.6 cm³/mol. The number of fused-ring (bicyclic) bond motifs is 1. The fraction of sp³-hybridized carbons (Fsp3) is 0.133. The lowest BCUT2D eigenvalue weighted by Gasteiger charge is -2.03. The quantitative estimate of drug-likeness (QED) is 0.698. The van der Waals surface area contributed by atoms with E-state index in [0.29, 0.717) is 22.7 Å². The maximum Gasteiger partial charge on any atom is 0.338 e. The molecule has 0 saturated heterocycles. The van der Waals surface area contributed by atoms with Gasteiger partial charge in [-0.1, -0.05) is 23.7 Å². The number of rotatable bonds is 3. The Morgan fingerprint density at radius 1 is 1.29 bits per heavy atom. The summed E-state index contributed by atoms with van der Waals surface area (Å²) in [6.07, 6.45) is 2.38. The normalized spacial score (nSPS) is 10.8. The molecule has 0 N–H and O–H groups in total. The number of ether oxygens (including phenoxy) is 1. The summed E-state index contributed by atoms with van der Waals surface area (Å²) >= 11 is 5.98. The van der Waals surface area contributed by atoms with Crippen molar-refractivity contribution in [3.63, 3.8) is 0 Å². The summed E-state index contributed by atoms with van der Waals surface area (Å²) < 4.78 is 6.53. The number of hydrogen-bond acceptors (Lipinski definition) is 4. The topological polar surface area (TPSA) is 56.5 Å². The van der Waals surface area contributed by atoms with E-state index in [-0.39, 0.29) is 0 Å². The Kier molecular flexibility index (Phi) is 3.58. The molecule has 2 aromatic heterocycles. The van der Waals surface area contributed by atoms with Gasteiger partial charge in [0.05, 0.1) is 12.7 Å². The zero-order chi connectivity index (χ0) is 14.8. The molecule has 0 radical (unpaired) electrons. The van der Waals surface area contributed by atoms with Gasteiger partial charge in [-0.25, -0.2) is 4.79 Å². The van der Waals surface area contributed by atoms with Crippen molar-refractivity contribution >= 4 is 23.2 Å². The van der Waals surface area contributed by atoms with Crippen molar-refractivity contribution < 1.29 is 9.53 Å². The Hall–Kier alpha value is -2.40. The highest BCUT2D eigenvalue weighted by Crippen LogP contribution is 2.15. The molecule has 0 saturated carbocycles. The van der Waals surface area contributed by atoms with Crippen molar-refractivity contribution in [2.45, 2.75) is 6.42 Å². The Morgan fingerprint density at radius 2 is 2.14 bits per heavy atom. The molecule has 0 bridgehead atoms. The van der Waals surface area contributed by atoms with Gasteiger partial charge in [0.1, 0.15) is 5.82 Å². The highest BCUT2D eigenvalue weighted by molar-refractivity contribution is 6.30. The van der Waals surface area contributed by atoms with Gasteiger partial charge in [-0.15, -0.1) is 10.2 Å². The van der Waals surface area contributed by atoms with Gasteiger partial charge in [-0.3, -0.25) is 4.40 Å². The molecule has 0 unspecified atom stereocenters. The van der Waals surface area contributed by atoms with Crippen LogP contribution in [0.2, 0.25) is 5.02 Å². The van der Waals surface area contributed by atoms with Crippen molar-refractivity contribution in [1.29, 1.82) is 0 Å². The van der Waals surface area contributed by atoms with Crippen LogP contribution in [0.15, 0.2) is 42.6 Å². The van der Waals surface area contributed by atoms with E-state index in [2.05, 4.69) is 14.9 Å². The zero-order valence-electron chi connectivity index (χ0n) is 11.3. The third-order valence-corrected chi connectivity index (χ3v) is 3.39. The molecule has 21 heavy (non-hydrogen) atoms. The largest absolute Gasteiger partial charge is 0.465 e. The Bertz CT molecular complexity index is 814. The van der Waals surface area contributed by atoms with Crippen LogP contribution < -0.4 is 0 Å². The summed E-state index contributed by atoms with van der Waals surface area (Å²) in [5, 5.41) is 8.94. The number of carbonyl (C=O) groups excluding carboxylic acids is 1. The van der Waals surface area contributed by atoms with Gasteiger partial charge < -0.3 is 4.74 Å². The van der Waals surface area contributed by atoms with Crippen molar-refractivity contribution in [3.8, 4) is 0 Å². The number of methoxy groups -OCH3 is 1. The van der Waals surface area contributed by atoms with Gasteiger partial charge >= 0.3 is 5.97 Å². The van der Waals surface area contributed by atoms with E-state index >= 15 is 0 Å². The molecule has 0 spiro atoms. The van der Waals surface area contributed by atoms with Crippen LogP contribution in [0, 0.1) is 0 Å². The molecule has 0 aliphatic carbocycles. The van der Waals surface area contributed by atoms with Crippen LogP contribution in [0.5, 0.6) is 0 Å². The first kappa shape index (κ1) is 13.6. The van der Waals surface area contributed by atoms with Crippen LogP contribution in [0.1, 0.15) is 21.7 Å². The van der Waals surface area contributed by atoms with E-state index in [1.807, 2.05) is 28.7 Å². The van der Waals surface area contributed by atoms with Crippen molar-refractivity contribution in [1.82, 2.24) is 14.6 Å². The summed E-state index contributed by atoms with van der Waals surface area (Å²) in [6, 6.07) is 10.9. The molecular formula is C15H12ClN3O2. The molecular weight excluding hydrogens is 290 g/mol. The zero-order valence-corrected chi connectivity index (χ0v) is 12.0. The van der Waals surface area contributed by atoms with Gasteiger partial charge in [0.2, 0.25) is 0 Å². The third kappa shape index (κ3) is 2.73. The second-order valence-corrected chi connectivity index (χ2v) is 4.99. The average Bonchev–Trinajstić information content (AvgIpc) is 2.89. The minimum atomic E-state index is -0.392. The van der Waals surface area contributed by atoms with E-state index in [1.165, 1.54) is 7.11 Å². The van der Waals surface area contributed by atoms with Gasteiger partial charge in [-0.05, 0) is 29.8 Å². The van der Waals surface area contributed by atoms with E-state index < -0.39 is 5.97 Å². The number of halogens is 1. The molecule has 5 nitrogen and oxygen atoms in total. The second kappa shape index (κ2) is 5.54. The van der Waals surface area contributed by atoms with Crippen LogP contribution in [0.3, 0.4) is 0 Å². The first-order valence-electron chi connectivity index (χ1n) is 6.34. The number of hydrogen-bond donors (Lipinski definition) is 0. The smallest absolute Gasteiger partial charge is 0.338 e. The van der Waals surface area contributed by atoms with Crippen molar-refractivity contribution in [3.05, 3.63) is 64.6 Å². The number of nitrogens with zero attached hydrogens (tertiary/aromatic N) is 3. The molecule has 0 aliphatic rings. The Labute approximate surface area is 126 Å². The number of esters is 1. The molecule has 3 rings (SSSR count). The summed E-state index contributed by atoms with van der Waals surface area (Å²) in [6.45, 7) is 0. The molecule has 6 heteroatoms. The highest BCUT2D eigenvalue weighted by atomic mass is 35.5. The molecule has 1 aromatic carbocycles. The first-order valence-corrected chi connectivity index (χ1v) is 6.71. The van der Waals surface area contributed by atoms with E-state index in [1.54, 1.807) is 18.3 Å². The number of benzene rings is 1. The molecule has 0 atom stereocenters. The predicted octanol–water partition coefficient (Wildman–Crippen LogP) is 2.76. The van der Waals surface area contributed by atoms with Crippen LogP contribution >= 0.6 is 11.6 Å². The number of aromatic nitrogens is 3. The lowest BCUT2D eigenvalue weighted by Crippen LogP contribution is -2.03. The summed E-state index contributed by atoms with van der Waals surface area (Å²) in [7, 11) is 1.35. The monoisotopic (exact) mass is 301 g/mol. The van der Waals surface area contributed by atoms with E-state index in [4.69, 9.17) is 11.6 Å². The third-order valence-electron chi connectivity index (χ3n) is 3.15. The molecule has 2 heterocycles. The van der Waals surface area contributed by atoms with E-state index in [0.717, 1.165) is 11.4 Å². The standard InChI is InChI=1S/C15H12ClN3O2/c1-21-15(20)11-5-6-19-13(17-18-14(19)9-11)8-10-3-2-4-12(16)7-10/h2-7,9H,8H2,1H3. The minimum Gasteiger partial charge on any atom is -0.465 e. The highest BCUT2D eigenvalue weighted by Gasteiger charge is 2.11. The molecule has 0 amide bonds. The lowest BCUT2D eigenvalue weighted by molar-refractivity contribution is 0.0600. The van der Waals surface area contributed by atoms with Crippen molar-refractivity contribution in [2.75, 3.05) is 7.11 Å². The Morgan fingerprint density at radius 3 is 2.90 bits per heavy atom. The maximum atomic E-state index is 11.5. The number of pyridine rings is 1. The van der Waals surface area contributed by atoms with Crippen molar-refractivity contribution in [2.24, 2.45) is 0 Å². The lowest BCUT2D eigenvalue weighted by atomic mass is 10.1. The van der Waals surface area contributed by atoms with Gasteiger partial charge in [0.25, 0.3) is 0 Å². The van der Waals surface area contributed by atoms with Gasteiger partial charge in [0, 0.05) is 17.6 Å². The molecule has 0 fully saturated rings. The molecule has 0 aliphatic heterocycles. The van der Waals surface area contributed by atoms with Crippen LogP contribution in [0.4, 0.5) is 0 Å². The Balaban J connectivity index is 1.95. The number of carbonyl (C=O) groups is 1. The molecule has 3 aromatic rings. The summed E-state index contributed by atoms with van der Waals surface area (Å²) in [5.74, 6) is 0.389. The fourth-order valence-electron chi connectivity index (χ4n) is 2.14. The van der Waals surface area contributed by atoms with Crippen LogP contribution in [-0.4, -0.2) is 27.7 Å².